The highest BCUT2D eigenvalue weighted by Gasteiger charge is 2.20. The molecule has 2 rings (SSSR count). The molecular weight excluding hydrogens is 226 g/mol. The summed E-state index contributed by atoms with van der Waals surface area (Å²) in [7, 11) is 0. The highest BCUT2D eigenvalue weighted by molar-refractivity contribution is 6.06. The van der Waals surface area contributed by atoms with E-state index >= 15 is 0 Å². The molecule has 0 radical (unpaired) electrons. The number of carbonyl (C=O) groups is 1. The maximum atomic E-state index is 12.2. The molecule has 1 amide bonds. The zero-order valence-electron chi connectivity index (χ0n) is 10.6. The molecule has 0 aliphatic rings. The maximum absolute atomic E-state index is 12.2. The van der Waals surface area contributed by atoms with Gasteiger partial charge in [0.15, 0.2) is 0 Å². The summed E-state index contributed by atoms with van der Waals surface area (Å²) in [5, 5.41) is 3.77. The van der Waals surface area contributed by atoms with E-state index in [1.54, 1.807) is 12.3 Å². The molecule has 0 saturated heterocycles. The van der Waals surface area contributed by atoms with Crippen molar-refractivity contribution < 1.29 is 4.79 Å². The molecule has 0 atom stereocenters. The maximum Gasteiger partial charge on any atom is 0.252 e. The van der Waals surface area contributed by atoms with Crippen LogP contribution in [-0.4, -0.2) is 23.0 Å². The number of hydrogen-bond donors (Lipinski definition) is 2. The van der Waals surface area contributed by atoms with Gasteiger partial charge in [0.2, 0.25) is 0 Å². The Bertz CT molecular complexity index is 573. The number of pyridine rings is 1. The fourth-order valence-corrected chi connectivity index (χ4v) is 1.73. The van der Waals surface area contributed by atoms with Gasteiger partial charge in [0.05, 0.1) is 5.52 Å². The molecule has 0 spiro atoms. The summed E-state index contributed by atoms with van der Waals surface area (Å²) in [5.41, 5.74) is 6.65. The van der Waals surface area contributed by atoms with Crippen molar-refractivity contribution >= 4 is 16.8 Å². The summed E-state index contributed by atoms with van der Waals surface area (Å²) >= 11 is 0. The number of hydrogen-bond acceptors (Lipinski definition) is 3. The lowest BCUT2D eigenvalue weighted by Gasteiger charge is -2.24. The van der Waals surface area contributed by atoms with Crippen LogP contribution in [0.25, 0.3) is 10.9 Å². The first-order valence-corrected chi connectivity index (χ1v) is 5.90. The molecule has 18 heavy (non-hydrogen) atoms. The van der Waals surface area contributed by atoms with Crippen molar-refractivity contribution in [2.24, 2.45) is 5.73 Å². The van der Waals surface area contributed by atoms with Crippen LogP contribution in [0.1, 0.15) is 24.2 Å². The second-order valence-electron chi connectivity index (χ2n) is 4.92. The van der Waals surface area contributed by atoms with E-state index in [2.05, 4.69) is 10.3 Å². The number of rotatable bonds is 3. The topological polar surface area (TPSA) is 68.0 Å². The predicted molar refractivity (Wildman–Crippen MR) is 72.3 cm³/mol. The average Bonchev–Trinajstić information content (AvgIpc) is 2.37. The molecule has 1 heterocycles. The molecule has 4 nitrogen and oxygen atoms in total. The largest absolute Gasteiger partial charge is 0.346 e. The van der Waals surface area contributed by atoms with Crippen molar-refractivity contribution in [2.75, 3.05) is 6.54 Å². The predicted octanol–water partition coefficient (Wildman–Crippen LogP) is 1.70. The van der Waals surface area contributed by atoms with E-state index in [9.17, 15) is 4.79 Å². The number of fused-ring (bicyclic) bond motifs is 1. The number of amides is 1. The Labute approximate surface area is 106 Å². The van der Waals surface area contributed by atoms with Crippen molar-refractivity contribution in [2.45, 2.75) is 19.4 Å². The second-order valence-corrected chi connectivity index (χ2v) is 4.92. The van der Waals surface area contributed by atoms with Gasteiger partial charge in [-0.15, -0.1) is 0 Å². The minimum Gasteiger partial charge on any atom is -0.346 e. The number of benzene rings is 1. The Balaban J connectivity index is 2.39. The summed E-state index contributed by atoms with van der Waals surface area (Å²) < 4.78 is 0. The Morgan fingerprint density at radius 2 is 2.11 bits per heavy atom. The first kappa shape index (κ1) is 12.5. The third kappa shape index (κ3) is 2.49. The number of carbonyl (C=O) groups excluding carboxylic acids is 1. The van der Waals surface area contributed by atoms with Gasteiger partial charge in [0, 0.05) is 29.2 Å². The van der Waals surface area contributed by atoms with E-state index in [-0.39, 0.29) is 5.91 Å². The summed E-state index contributed by atoms with van der Waals surface area (Å²) in [5.74, 6) is -0.121. The van der Waals surface area contributed by atoms with Gasteiger partial charge in [-0.2, -0.15) is 0 Å². The van der Waals surface area contributed by atoms with Crippen LogP contribution in [0.5, 0.6) is 0 Å². The summed E-state index contributed by atoms with van der Waals surface area (Å²) in [6, 6.07) is 9.24. The Hall–Kier alpha value is -1.94. The van der Waals surface area contributed by atoms with Gasteiger partial charge in [-0.3, -0.25) is 9.78 Å². The molecule has 4 heteroatoms. The van der Waals surface area contributed by atoms with Crippen molar-refractivity contribution in [1.82, 2.24) is 10.3 Å². The fourth-order valence-electron chi connectivity index (χ4n) is 1.73. The molecular formula is C14H17N3O. The standard InChI is InChI=1S/C14H17N3O/c1-14(2,9-15)17-13(18)11-5-3-7-12-10(11)6-4-8-16-12/h3-8H,9,15H2,1-2H3,(H,17,18). The van der Waals surface area contributed by atoms with Crippen molar-refractivity contribution in [1.29, 1.82) is 0 Å². The molecule has 94 valence electrons. The smallest absolute Gasteiger partial charge is 0.252 e. The van der Waals surface area contributed by atoms with Gasteiger partial charge in [0.1, 0.15) is 0 Å². The van der Waals surface area contributed by atoms with E-state index in [4.69, 9.17) is 5.73 Å². The number of nitrogens with zero attached hydrogens (tertiary/aromatic N) is 1. The summed E-state index contributed by atoms with van der Waals surface area (Å²) in [6.45, 7) is 4.18. The van der Waals surface area contributed by atoms with Crippen LogP contribution in [0.15, 0.2) is 36.5 Å². The number of nitrogens with two attached hydrogens (primary N) is 1. The number of nitrogens with one attached hydrogen (secondary N) is 1. The molecule has 0 unspecified atom stereocenters. The molecule has 0 fully saturated rings. The normalized spacial score (nSPS) is 11.5. The first-order valence-electron chi connectivity index (χ1n) is 5.90. The van der Waals surface area contributed by atoms with Gasteiger partial charge in [-0.25, -0.2) is 0 Å². The zero-order valence-corrected chi connectivity index (χ0v) is 10.6. The molecule has 0 aliphatic carbocycles. The third-order valence-corrected chi connectivity index (χ3v) is 2.85. The van der Waals surface area contributed by atoms with Crippen LogP contribution < -0.4 is 11.1 Å². The lowest BCUT2D eigenvalue weighted by molar-refractivity contribution is 0.0917. The van der Waals surface area contributed by atoms with Crippen LogP contribution in [-0.2, 0) is 0 Å². The Morgan fingerprint density at radius 3 is 2.83 bits per heavy atom. The third-order valence-electron chi connectivity index (χ3n) is 2.85. The van der Waals surface area contributed by atoms with Crippen molar-refractivity contribution in [3.8, 4) is 0 Å². The van der Waals surface area contributed by atoms with Gasteiger partial charge >= 0.3 is 0 Å². The van der Waals surface area contributed by atoms with E-state index < -0.39 is 5.54 Å². The van der Waals surface area contributed by atoms with Crippen LogP contribution in [0, 0.1) is 0 Å². The molecule has 0 aliphatic heterocycles. The first-order chi connectivity index (χ1) is 8.53. The monoisotopic (exact) mass is 243 g/mol. The lowest BCUT2D eigenvalue weighted by Crippen LogP contribution is -2.48. The molecule has 3 N–H and O–H groups in total. The van der Waals surface area contributed by atoms with Gasteiger partial charge in [-0.05, 0) is 32.0 Å². The lowest BCUT2D eigenvalue weighted by atomic mass is 10.0. The van der Waals surface area contributed by atoms with Gasteiger partial charge in [-0.1, -0.05) is 12.1 Å². The molecule has 0 bridgehead atoms. The minimum atomic E-state index is -0.415. The summed E-state index contributed by atoms with van der Waals surface area (Å²) in [4.78, 5) is 16.5. The quantitative estimate of drug-likeness (QED) is 0.862. The fraction of sp³-hybridized carbons (Fsp3) is 0.286. The SMILES string of the molecule is CC(C)(CN)NC(=O)c1cccc2ncccc12. The Morgan fingerprint density at radius 1 is 1.33 bits per heavy atom. The highest BCUT2D eigenvalue weighted by atomic mass is 16.1. The number of aromatic nitrogens is 1. The highest BCUT2D eigenvalue weighted by Crippen LogP contribution is 2.17. The Kier molecular flexibility index (Phi) is 3.30. The van der Waals surface area contributed by atoms with E-state index in [0.29, 0.717) is 12.1 Å². The zero-order chi connectivity index (χ0) is 13.2. The minimum absolute atomic E-state index is 0.121. The molecule has 0 saturated carbocycles. The van der Waals surface area contributed by atoms with E-state index in [0.717, 1.165) is 10.9 Å². The van der Waals surface area contributed by atoms with Crippen LogP contribution in [0.2, 0.25) is 0 Å². The van der Waals surface area contributed by atoms with E-state index in [1.165, 1.54) is 0 Å². The van der Waals surface area contributed by atoms with Crippen LogP contribution in [0.4, 0.5) is 0 Å². The average molecular weight is 243 g/mol. The van der Waals surface area contributed by atoms with Crippen molar-refractivity contribution in [3.05, 3.63) is 42.1 Å². The van der Waals surface area contributed by atoms with Gasteiger partial charge < -0.3 is 11.1 Å². The molecule has 1 aromatic heterocycles. The second kappa shape index (κ2) is 4.74. The van der Waals surface area contributed by atoms with Crippen LogP contribution in [0.3, 0.4) is 0 Å². The van der Waals surface area contributed by atoms with Crippen LogP contribution >= 0.6 is 0 Å². The molecule has 1 aromatic carbocycles. The van der Waals surface area contributed by atoms with Gasteiger partial charge in [0.25, 0.3) is 5.91 Å². The molecule has 2 aromatic rings. The van der Waals surface area contributed by atoms with Crippen molar-refractivity contribution in [3.63, 3.8) is 0 Å². The summed E-state index contributed by atoms with van der Waals surface area (Å²) in [6.07, 6.45) is 1.72. The van der Waals surface area contributed by atoms with E-state index in [1.807, 2.05) is 38.1 Å².